The second-order valence-electron chi connectivity index (χ2n) is 10.3. The van der Waals surface area contributed by atoms with Crippen molar-refractivity contribution < 1.29 is 4.74 Å². The Morgan fingerprint density at radius 1 is 0.475 bits per heavy atom. The highest BCUT2D eigenvalue weighted by Gasteiger charge is 2.15. The summed E-state index contributed by atoms with van der Waals surface area (Å²) in [7, 11) is 1.69. The van der Waals surface area contributed by atoms with Crippen LogP contribution < -0.4 is 4.74 Å². The van der Waals surface area contributed by atoms with Crippen LogP contribution in [0.25, 0.3) is 66.0 Å². The second kappa shape index (κ2) is 8.89. The summed E-state index contributed by atoms with van der Waals surface area (Å²) in [6, 6.07) is 47.9. The summed E-state index contributed by atoms with van der Waals surface area (Å²) in [6.45, 7) is 0. The van der Waals surface area contributed by atoms with Crippen molar-refractivity contribution in [2.45, 2.75) is 0 Å². The first-order valence-corrected chi connectivity index (χ1v) is 13.6. The summed E-state index contributed by atoms with van der Waals surface area (Å²) < 4.78 is 9.94. The van der Waals surface area contributed by atoms with E-state index in [0.29, 0.717) is 0 Å². The molecule has 40 heavy (non-hydrogen) atoms. The van der Waals surface area contributed by atoms with Gasteiger partial charge in [0.2, 0.25) is 0 Å². The molecule has 0 N–H and O–H groups in total. The number of rotatable bonds is 4. The Kier molecular flexibility index (Phi) is 5.04. The van der Waals surface area contributed by atoms with Crippen LogP contribution in [0.1, 0.15) is 0 Å². The number of methoxy groups -OCH3 is 1. The summed E-state index contributed by atoms with van der Waals surface area (Å²) in [5.74, 6) is 0.861. The SMILES string of the molecule is COc1ccc(-n2ccc3cc(-c4ccc5c(c4)c4cc6ccccc6cc4n5-c4ccccc4)ccc32)cc1. The molecule has 0 aliphatic carbocycles. The molecule has 3 heteroatoms. The van der Waals surface area contributed by atoms with Gasteiger partial charge in [-0.2, -0.15) is 0 Å². The molecule has 3 nitrogen and oxygen atoms in total. The zero-order valence-corrected chi connectivity index (χ0v) is 22.1. The molecule has 0 radical (unpaired) electrons. The van der Waals surface area contributed by atoms with Gasteiger partial charge in [-0.1, -0.05) is 54.6 Å². The molecule has 6 aromatic carbocycles. The lowest BCUT2D eigenvalue weighted by atomic mass is 10.0. The van der Waals surface area contributed by atoms with Crippen molar-refractivity contribution >= 4 is 43.5 Å². The minimum absolute atomic E-state index is 0.861. The van der Waals surface area contributed by atoms with E-state index < -0.39 is 0 Å². The number of hydrogen-bond acceptors (Lipinski definition) is 1. The van der Waals surface area contributed by atoms with Crippen molar-refractivity contribution in [3.05, 3.63) is 140 Å². The average molecular weight is 515 g/mol. The van der Waals surface area contributed by atoms with Crippen LogP contribution >= 0.6 is 0 Å². The van der Waals surface area contributed by atoms with Gasteiger partial charge in [0.25, 0.3) is 0 Å². The highest BCUT2D eigenvalue weighted by molar-refractivity contribution is 6.14. The van der Waals surface area contributed by atoms with Gasteiger partial charge >= 0.3 is 0 Å². The molecule has 0 spiro atoms. The third kappa shape index (κ3) is 3.52. The van der Waals surface area contributed by atoms with E-state index in [1.54, 1.807) is 7.11 Å². The monoisotopic (exact) mass is 514 g/mol. The van der Waals surface area contributed by atoms with Crippen molar-refractivity contribution in [2.24, 2.45) is 0 Å². The molecular formula is C37H26N2O. The highest BCUT2D eigenvalue weighted by Crippen LogP contribution is 2.37. The third-order valence-electron chi connectivity index (χ3n) is 8.02. The van der Waals surface area contributed by atoms with Crippen LogP contribution in [0, 0.1) is 0 Å². The Bertz CT molecular complexity index is 2180. The molecule has 190 valence electrons. The Balaban J connectivity index is 1.30. The van der Waals surface area contributed by atoms with E-state index >= 15 is 0 Å². The van der Waals surface area contributed by atoms with Gasteiger partial charge in [0.05, 0.1) is 23.7 Å². The van der Waals surface area contributed by atoms with Crippen molar-refractivity contribution in [3.63, 3.8) is 0 Å². The van der Waals surface area contributed by atoms with Crippen molar-refractivity contribution in [1.82, 2.24) is 9.13 Å². The molecule has 0 aliphatic rings. The fourth-order valence-electron chi connectivity index (χ4n) is 6.03. The van der Waals surface area contributed by atoms with Gasteiger partial charge < -0.3 is 13.9 Å². The summed E-state index contributed by atoms with van der Waals surface area (Å²) in [5, 5.41) is 6.26. The number of nitrogens with zero attached hydrogens (tertiary/aromatic N) is 2. The quantitative estimate of drug-likeness (QED) is 0.229. The van der Waals surface area contributed by atoms with Crippen LogP contribution in [0.15, 0.2) is 140 Å². The van der Waals surface area contributed by atoms with Crippen molar-refractivity contribution in [1.29, 1.82) is 0 Å². The van der Waals surface area contributed by atoms with Gasteiger partial charge in [-0.15, -0.1) is 0 Å². The molecule has 0 bridgehead atoms. The van der Waals surface area contributed by atoms with Gasteiger partial charge in [-0.3, -0.25) is 0 Å². The van der Waals surface area contributed by atoms with E-state index in [0.717, 1.165) is 11.4 Å². The van der Waals surface area contributed by atoms with E-state index in [1.165, 1.54) is 60.3 Å². The normalized spacial score (nSPS) is 11.6. The molecule has 0 saturated carbocycles. The first-order valence-electron chi connectivity index (χ1n) is 13.6. The highest BCUT2D eigenvalue weighted by atomic mass is 16.5. The van der Waals surface area contributed by atoms with Crippen molar-refractivity contribution in [2.75, 3.05) is 7.11 Å². The maximum atomic E-state index is 5.33. The third-order valence-corrected chi connectivity index (χ3v) is 8.02. The zero-order valence-electron chi connectivity index (χ0n) is 22.1. The standard InChI is InChI=1S/C37H26N2O/c1-40-32-15-13-30(14-16-32)38-20-19-29-21-27(11-17-35(29)38)28-12-18-36-33(23-28)34-22-25-7-5-6-8-26(25)24-37(34)39(36)31-9-3-2-4-10-31/h2-24H,1H3. The van der Waals surface area contributed by atoms with E-state index in [4.69, 9.17) is 4.74 Å². The predicted octanol–water partition coefficient (Wildman–Crippen LogP) is 9.56. The fraction of sp³-hybridized carbons (Fsp3) is 0.0270. The van der Waals surface area contributed by atoms with Gasteiger partial charge in [0.1, 0.15) is 5.75 Å². The second-order valence-corrected chi connectivity index (χ2v) is 10.3. The van der Waals surface area contributed by atoms with Crippen LogP contribution in [-0.4, -0.2) is 16.2 Å². The maximum absolute atomic E-state index is 5.33. The summed E-state index contributed by atoms with van der Waals surface area (Å²) in [4.78, 5) is 0. The van der Waals surface area contributed by atoms with Crippen LogP contribution in [-0.2, 0) is 0 Å². The fourth-order valence-corrected chi connectivity index (χ4v) is 6.03. The molecule has 0 aliphatic heterocycles. The van der Waals surface area contributed by atoms with Gasteiger partial charge in [-0.25, -0.2) is 0 Å². The summed E-state index contributed by atoms with van der Waals surface area (Å²) >= 11 is 0. The summed E-state index contributed by atoms with van der Waals surface area (Å²) in [6.07, 6.45) is 2.14. The molecule has 2 aromatic heterocycles. The molecule has 0 unspecified atom stereocenters. The number of hydrogen-bond donors (Lipinski definition) is 0. The molecule has 0 saturated heterocycles. The van der Waals surface area contributed by atoms with Crippen LogP contribution in [0.3, 0.4) is 0 Å². The van der Waals surface area contributed by atoms with E-state index in [2.05, 4.69) is 137 Å². The van der Waals surface area contributed by atoms with Crippen LogP contribution in [0.2, 0.25) is 0 Å². The lowest BCUT2D eigenvalue weighted by Crippen LogP contribution is -1.93. The first kappa shape index (κ1) is 22.7. The van der Waals surface area contributed by atoms with Crippen LogP contribution in [0.5, 0.6) is 5.75 Å². The minimum atomic E-state index is 0.861. The Labute approximate surface area is 232 Å². The van der Waals surface area contributed by atoms with Crippen molar-refractivity contribution in [3.8, 4) is 28.3 Å². The van der Waals surface area contributed by atoms with Gasteiger partial charge in [0.15, 0.2) is 0 Å². The van der Waals surface area contributed by atoms with Gasteiger partial charge in [-0.05, 0) is 101 Å². The lowest BCUT2D eigenvalue weighted by Gasteiger charge is -2.09. The summed E-state index contributed by atoms with van der Waals surface area (Å²) in [5.41, 5.74) is 8.34. The number of ether oxygens (including phenoxy) is 1. The Morgan fingerprint density at radius 3 is 1.93 bits per heavy atom. The molecule has 2 heterocycles. The smallest absolute Gasteiger partial charge is 0.119 e. The van der Waals surface area contributed by atoms with Gasteiger partial charge in [0, 0.05) is 33.7 Å². The molecule has 8 rings (SSSR count). The lowest BCUT2D eigenvalue weighted by molar-refractivity contribution is 0.415. The van der Waals surface area contributed by atoms with Crippen LogP contribution in [0.4, 0.5) is 0 Å². The van der Waals surface area contributed by atoms with E-state index in [-0.39, 0.29) is 0 Å². The first-order chi connectivity index (χ1) is 19.8. The number of fused-ring (bicyclic) bond motifs is 5. The maximum Gasteiger partial charge on any atom is 0.119 e. The average Bonchev–Trinajstić information content (AvgIpc) is 3.58. The Hall–Kier alpha value is -5.28. The molecule has 0 fully saturated rings. The largest absolute Gasteiger partial charge is 0.497 e. The molecule has 0 amide bonds. The topological polar surface area (TPSA) is 19.1 Å². The predicted molar refractivity (Wildman–Crippen MR) is 167 cm³/mol. The van der Waals surface area contributed by atoms with E-state index in [9.17, 15) is 0 Å². The number of benzene rings is 6. The molecular weight excluding hydrogens is 488 g/mol. The minimum Gasteiger partial charge on any atom is -0.497 e. The molecule has 0 atom stereocenters. The van der Waals surface area contributed by atoms with E-state index in [1.807, 2.05) is 12.1 Å². The number of para-hydroxylation sites is 1. The Morgan fingerprint density at radius 2 is 1.15 bits per heavy atom. The molecule has 8 aromatic rings. The zero-order chi connectivity index (χ0) is 26.6. The number of aromatic nitrogens is 2.